The van der Waals surface area contributed by atoms with Crippen molar-refractivity contribution in [1.82, 2.24) is 10.4 Å². The van der Waals surface area contributed by atoms with Crippen LogP contribution in [0.5, 0.6) is 0 Å². The normalized spacial score (nSPS) is 9.90. The minimum Gasteiger partial charge on any atom is -0.309 e. The maximum absolute atomic E-state index is 9.36. The maximum Gasteiger partial charge on any atom is 0.176 e. The molecule has 0 aliphatic rings. The smallest absolute Gasteiger partial charge is 0.176 e. The average Bonchev–Trinajstić information content (AvgIpc) is 1.87. The van der Waals surface area contributed by atoms with Gasteiger partial charge in [-0.15, -0.1) is 10.4 Å². The quantitative estimate of drug-likeness (QED) is 0.330. The van der Waals surface area contributed by atoms with Gasteiger partial charge in [-0.1, -0.05) is 0 Å². The monoisotopic (exact) mass is 147 g/mol. The summed E-state index contributed by atoms with van der Waals surface area (Å²) in [5, 5.41) is 2.18. The highest BCUT2D eigenvalue weighted by Crippen LogP contribution is 1.80. The Hall–Kier alpha value is -0.680. The molecule has 0 aromatic heterocycles. The van der Waals surface area contributed by atoms with Crippen LogP contribution in [0.3, 0.4) is 0 Å². The molecule has 0 spiro atoms. The van der Waals surface area contributed by atoms with E-state index in [2.05, 4.69) is 20.7 Å². The zero-order valence-corrected chi connectivity index (χ0v) is 6.33. The molecule has 0 unspecified atom stereocenters. The highest BCUT2D eigenvalue weighted by molar-refractivity contribution is 4.43. The van der Waals surface area contributed by atoms with Crippen molar-refractivity contribution in [3.05, 3.63) is 4.91 Å². The lowest BCUT2D eigenvalue weighted by Gasteiger charge is -2.07. The van der Waals surface area contributed by atoms with Gasteiger partial charge in [-0.2, -0.15) is 0 Å². The van der Waals surface area contributed by atoms with Gasteiger partial charge in [0.1, 0.15) is 0 Å². The average molecular weight is 147 g/mol. The lowest BCUT2D eigenvalue weighted by atomic mass is 10.4. The summed E-state index contributed by atoms with van der Waals surface area (Å²) in [6.07, 6.45) is 0.933. The van der Waals surface area contributed by atoms with Crippen LogP contribution in [0.15, 0.2) is 5.34 Å². The van der Waals surface area contributed by atoms with Gasteiger partial charge in [0.05, 0.1) is 0 Å². The van der Waals surface area contributed by atoms with Gasteiger partial charge in [0.15, 0.2) is 5.34 Å². The summed E-state index contributed by atoms with van der Waals surface area (Å²) >= 11 is 0. The van der Waals surface area contributed by atoms with Crippen LogP contribution >= 0.6 is 0 Å². The molecule has 0 aromatic carbocycles. The molecule has 5 nitrogen and oxygen atoms in total. The Balaban J connectivity index is 2.83. The predicted octanol–water partition coefficient (Wildman–Crippen LogP) is 0.141. The van der Waals surface area contributed by atoms with Crippen LogP contribution in [0.25, 0.3) is 0 Å². The highest BCUT2D eigenvalue weighted by atomic mass is 16.8. The minimum atomic E-state index is 0.643. The molecule has 0 rings (SSSR count). The lowest BCUT2D eigenvalue weighted by Crippen LogP contribution is -2.19. The van der Waals surface area contributed by atoms with Gasteiger partial charge in [-0.05, 0) is 27.1 Å². The lowest BCUT2D eigenvalue weighted by molar-refractivity contribution is 0.0414. The van der Waals surface area contributed by atoms with Crippen molar-refractivity contribution in [3.63, 3.8) is 0 Å². The first kappa shape index (κ1) is 9.32. The number of hydroxylamine groups is 1. The first-order valence-electron chi connectivity index (χ1n) is 3.13. The van der Waals surface area contributed by atoms with Crippen LogP contribution in [0.4, 0.5) is 0 Å². The van der Waals surface area contributed by atoms with E-state index >= 15 is 0 Å². The molecule has 0 aliphatic heterocycles. The fourth-order valence-electron chi connectivity index (χ4n) is 0.539. The zero-order chi connectivity index (χ0) is 7.82. The van der Waals surface area contributed by atoms with Gasteiger partial charge in [0, 0.05) is 6.54 Å². The third-order valence-electron chi connectivity index (χ3n) is 0.986. The summed E-state index contributed by atoms with van der Waals surface area (Å²) in [6.45, 7) is 1.61. The first-order chi connectivity index (χ1) is 4.77. The van der Waals surface area contributed by atoms with E-state index < -0.39 is 0 Å². The number of rotatable bonds is 6. The Bertz CT molecular complexity index is 87.0. The molecule has 10 heavy (non-hydrogen) atoms. The summed E-state index contributed by atoms with van der Waals surface area (Å²) in [5.74, 6) is 0. The van der Waals surface area contributed by atoms with Crippen molar-refractivity contribution in [2.75, 3.05) is 27.2 Å². The molecule has 0 saturated carbocycles. The molecule has 1 N–H and O–H groups in total. The second-order valence-electron chi connectivity index (χ2n) is 2.22. The Morgan fingerprint density at radius 1 is 1.60 bits per heavy atom. The fraction of sp³-hybridized carbons (Fsp3) is 1.00. The van der Waals surface area contributed by atoms with Crippen LogP contribution < -0.4 is 5.48 Å². The zero-order valence-electron chi connectivity index (χ0n) is 6.33. The van der Waals surface area contributed by atoms with E-state index in [1.165, 1.54) is 0 Å². The number of hydrogen-bond acceptors (Lipinski definition) is 5. The van der Waals surface area contributed by atoms with Crippen molar-refractivity contribution in [2.45, 2.75) is 6.42 Å². The third-order valence-corrected chi connectivity index (χ3v) is 0.986. The molecule has 5 heteroatoms. The summed E-state index contributed by atoms with van der Waals surface area (Å²) in [4.78, 5) is 15.4. The minimum absolute atomic E-state index is 0.643. The molecule has 0 aliphatic carbocycles. The molecule has 0 heterocycles. The molecule has 0 aromatic rings. The van der Waals surface area contributed by atoms with Gasteiger partial charge in [-0.3, -0.25) is 4.94 Å². The molecule has 0 fully saturated rings. The van der Waals surface area contributed by atoms with E-state index in [1.807, 2.05) is 14.1 Å². The first-order valence-corrected chi connectivity index (χ1v) is 3.13. The third kappa shape index (κ3) is 7.32. The van der Waals surface area contributed by atoms with E-state index in [9.17, 15) is 4.91 Å². The second-order valence-corrected chi connectivity index (χ2v) is 2.22. The van der Waals surface area contributed by atoms with E-state index in [0.29, 0.717) is 6.54 Å². The van der Waals surface area contributed by atoms with E-state index in [1.54, 1.807) is 0 Å². The van der Waals surface area contributed by atoms with Crippen molar-refractivity contribution >= 4 is 0 Å². The molecular formula is C5H13N3O2. The summed E-state index contributed by atoms with van der Waals surface area (Å²) in [5.41, 5.74) is 2.38. The van der Waals surface area contributed by atoms with Crippen LogP contribution in [-0.4, -0.2) is 32.1 Å². The van der Waals surface area contributed by atoms with Crippen LogP contribution in [0, 0.1) is 4.91 Å². The predicted molar refractivity (Wildman–Crippen MR) is 38.1 cm³/mol. The van der Waals surface area contributed by atoms with Gasteiger partial charge in [-0.25, -0.2) is 0 Å². The second kappa shape index (κ2) is 6.44. The fourth-order valence-corrected chi connectivity index (χ4v) is 0.539. The Morgan fingerprint density at radius 2 is 2.30 bits per heavy atom. The highest BCUT2D eigenvalue weighted by Gasteiger charge is 1.89. The number of nitrogens with one attached hydrogen (secondary N) is 1. The Morgan fingerprint density at radius 3 is 2.80 bits per heavy atom. The standard InChI is InChI=1S/C5H13N3O2/c1-8(2)5-3-4-6-10-7-9/h6H,3-5H2,1-2H3. The van der Waals surface area contributed by atoms with Crippen molar-refractivity contribution in [3.8, 4) is 0 Å². The van der Waals surface area contributed by atoms with Crippen LogP contribution in [0.2, 0.25) is 0 Å². The van der Waals surface area contributed by atoms with E-state index in [-0.39, 0.29) is 0 Å². The molecule has 0 amide bonds. The molecule has 0 radical (unpaired) electrons. The van der Waals surface area contributed by atoms with Crippen molar-refractivity contribution in [2.24, 2.45) is 5.34 Å². The summed E-state index contributed by atoms with van der Waals surface area (Å²) in [7, 11) is 3.97. The molecule has 60 valence electrons. The van der Waals surface area contributed by atoms with Crippen LogP contribution in [0.1, 0.15) is 6.42 Å². The Labute approximate surface area is 60.2 Å². The SMILES string of the molecule is CN(C)CCCNON=O. The Kier molecular flexibility index (Phi) is 6.00. The van der Waals surface area contributed by atoms with E-state index in [0.717, 1.165) is 13.0 Å². The summed E-state index contributed by atoms with van der Waals surface area (Å²) < 4.78 is 0. The molecule has 0 bridgehead atoms. The van der Waals surface area contributed by atoms with Gasteiger partial charge in [0.25, 0.3) is 0 Å². The van der Waals surface area contributed by atoms with Gasteiger partial charge >= 0.3 is 0 Å². The largest absolute Gasteiger partial charge is 0.309 e. The topological polar surface area (TPSA) is 53.9 Å². The molecular weight excluding hydrogens is 134 g/mol. The molecule has 0 saturated heterocycles. The van der Waals surface area contributed by atoms with Crippen LogP contribution in [-0.2, 0) is 4.94 Å². The van der Waals surface area contributed by atoms with Gasteiger partial charge in [0.2, 0.25) is 0 Å². The number of nitrogens with zero attached hydrogens (tertiary/aromatic N) is 2. The van der Waals surface area contributed by atoms with Gasteiger partial charge < -0.3 is 4.90 Å². The molecule has 0 atom stereocenters. The van der Waals surface area contributed by atoms with E-state index in [4.69, 9.17) is 0 Å². The van der Waals surface area contributed by atoms with Crippen molar-refractivity contribution in [1.29, 1.82) is 0 Å². The summed E-state index contributed by atoms with van der Waals surface area (Å²) in [6, 6.07) is 0. The number of hydrogen-bond donors (Lipinski definition) is 1. The van der Waals surface area contributed by atoms with Crippen molar-refractivity contribution < 1.29 is 4.94 Å². The maximum atomic E-state index is 9.36.